The van der Waals surface area contributed by atoms with Crippen molar-refractivity contribution in [2.24, 2.45) is 5.92 Å². The fourth-order valence-corrected chi connectivity index (χ4v) is 4.95. The molecule has 0 amide bonds. The molecule has 7 heteroatoms. The molecule has 2 rings (SSSR count). The van der Waals surface area contributed by atoms with Crippen molar-refractivity contribution in [3.8, 4) is 0 Å². The van der Waals surface area contributed by atoms with Crippen LogP contribution in [0.5, 0.6) is 0 Å². The molecule has 0 spiro atoms. The molecular weight excluding hydrogens is 352 g/mol. The molecule has 146 valence electrons. The SMILES string of the molecule is CC1CCCN(C(C)CNS(=O)(=O)c2cc(C(=O)O)ccc2C(C)C)C1. The summed E-state index contributed by atoms with van der Waals surface area (Å²) in [5, 5.41) is 9.20. The summed E-state index contributed by atoms with van der Waals surface area (Å²) in [6, 6.07) is 4.40. The van der Waals surface area contributed by atoms with Crippen LogP contribution in [0.25, 0.3) is 0 Å². The first-order chi connectivity index (χ1) is 12.1. The van der Waals surface area contributed by atoms with E-state index in [4.69, 9.17) is 0 Å². The number of benzene rings is 1. The molecule has 2 unspecified atom stereocenters. The highest BCUT2D eigenvalue weighted by Gasteiger charge is 2.25. The third-order valence-electron chi connectivity index (χ3n) is 5.05. The number of carboxylic acids is 1. The van der Waals surface area contributed by atoms with Crippen molar-refractivity contribution < 1.29 is 18.3 Å². The molecule has 0 aliphatic carbocycles. The third-order valence-corrected chi connectivity index (χ3v) is 6.53. The Morgan fingerprint density at radius 2 is 2.04 bits per heavy atom. The molecule has 1 saturated heterocycles. The van der Waals surface area contributed by atoms with E-state index in [0.717, 1.165) is 19.5 Å². The van der Waals surface area contributed by atoms with Gasteiger partial charge in [-0.1, -0.05) is 26.8 Å². The van der Waals surface area contributed by atoms with E-state index >= 15 is 0 Å². The molecule has 0 saturated carbocycles. The highest BCUT2D eigenvalue weighted by molar-refractivity contribution is 7.89. The fraction of sp³-hybridized carbons (Fsp3) is 0.632. The van der Waals surface area contributed by atoms with Gasteiger partial charge in [0.05, 0.1) is 10.5 Å². The summed E-state index contributed by atoms with van der Waals surface area (Å²) in [4.78, 5) is 13.6. The van der Waals surface area contributed by atoms with Crippen molar-refractivity contribution in [3.63, 3.8) is 0 Å². The van der Waals surface area contributed by atoms with Gasteiger partial charge in [-0.05, 0) is 55.8 Å². The molecule has 1 aromatic carbocycles. The standard InChI is InChI=1S/C19H30N2O4S/c1-13(2)17-8-7-16(19(22)23)10-18(17)26(24,25)20-11-15(4)21-9-5-6-14(3)12-21/h7-8,10,13-15,20H,5-6,9,11-12H2,1-4H3,(H,22,23). The third kappa shape index (κ3) is 5.05. The van der Waals surface area contributed by atoms with Crippen LogP contribution in [0, 0.1) is 5.92 Å². The number of likely N-dealkylation sites (tertiary alicyclic amines) is 1. The van der Waals surface area contributed by atoms with Gasteiger partial charge < -0.3 is 5.11 Å². The van der Waals surface area contributed by atoms with E-state index in [9.17, 15) is 18.3 Å². The highest BCUT2D eigenvalue weighted by Crippen LogP contribution is 2.25. The Labute approximate surface area is 156 Å². The average Bonchev–Trinajstić information content (AvgIpc) is 2.59. The van der Waals surface area contributed by atoms with Crippen LogP contribution in [0.2, 0.25) is 0 Å². The summed E-state index contributed by atoms with van der Waals surface area (Å²) in [6.45, 7) is 10.3. The number of nitrogens with one attached hydrogen (secondary N) is 1. The molecule has 1 aromatic rings. The second kappa shape index (κ2) is 8.50. The van der Waals surface area contributed by atoms with E-state index in [-0.39, 0.29) is 22.4 Å². The summed E-state index contributed by atoms with van der Waals surface area (Å²) in [7, 11) is -3.78. The Morgan fingerprint density at radius 3 is 2.62 bits per heavy atom. The largest absolute Gasteiger partial charge is 0.478 e. The lowest BCUT2D eigenvalue weighted by Crippen LogP contribution is -2.46. The van der Waals surface area contributed by atoms with Gasteiger partial charge >= 0.3 is 5.97 Å². The molecule has 1 aliphatic rings. The molecule has 1 fully saturated rings. The molecule has 2 atom stereocenters. The zero-order chi connectivity index (χ0) is 19.5. The minimum Gasteiger partial charge on any atom is -0.478 e. The minimum atomic E-state index is -3.78. The van der Waals surface area contributed by atoms with Crippen molar-refractivity contribution >= 4 is 16.0 Å². The van der Waals surface area contributed by atoms with Crippen molar-refractivity contribution in [2.75, 3.05) is 19.6 Å². The zero-order valence-corrected chi connectivity index (χ0v) is 16.8. The van der Waals surface area contributed by atoms with Crippen LogP contribution in [0.15, 0.2) is 23.1 Å². The van der Waals surface area contributed by atoms with E-state index in [1.54, 1.807) is 6.07 Å². The Balaban J connectivity index is 2.18. The number of nitrogens with zero attached hydrogens (tertiary/aromatic N) is 1. The van der Waals surface area contributed by atoms with Crippen molar-refractivity contribution in [1.82, 2.24) is 9.62 Å². The van der Waals surface area contributed by atoms with Crippen LogP contribution >= 0.6 is 0 Å². The molecule has 26 heavy (non-hydrogen) atoms. The first kappa shape index (κ1) is 20.9. The number of carbonyl (C=O) groups is 1. The lowest BCUT2D eigenvalue weighted by Gasteiger charge is -2.35. The maximum absolute atomic E-state index is 12.9. The lowest BCUT2D eigenvalue weighted by molar-refractivity contribution is 0.0696. The summed E-state index contributed by atoms with van der Waals surface area (Å²) < 4.78 is 28.4. The van der Waals surface area contributed by atoms with Crippen LogP contribution in [-0.4, -0.2) is 50.1 Å². The van der Waals surface area contributed by atoms with E-state index in [1.165, 1.54) is 18.6 Å². The van der Waals surface area contributed by atoms with Gasteiger partial charge in [0.25, 0.3) is 0 Å². The first-order valence-corrected chi connectivity index (χ1v) is 10.7. The number of carboxylic acid groups (broad SMARTS) is 1. The Bertz CT molecular complexity index is 746. The van der Waals surface area contributed by atoms with Crippen molar-refractivity contribution in [2.45, 2.75) is 57.4 Å². The molecule has 6 nitrogen and oxygen atoms in total. The molecule has 0 radical (unpaired) electrons. The summed E-state index contributed by atoms with van der Waals surface area (Å²) in [5.41, 5.74) is 0.606. The van der Waals surface area contributed by atoms with Gasteiger partial charge in [0, 0.05) is 19.1 Å². The van der Waals surface area contributed by atoms with Crippen molar-refractivity contribution in [1.29, 1.82) is 0 Å². The Morgan fingerprint density at radius 1 is 1.35 bits per heavy atom. The highest BCUT2D eigenvalue weighted by atomic mass is 32.2. The number of rotatable bonds is 7. The van der Waals surface area contributed by atoms with E-state index < -0.39 is 16.0 Å². The van der Waals surface area contributed by atoms with Gasteiger partial charge in [0.2, 0.25) is 10.0 Å². The average molecular weight is 383 g/mol. The molecule has 0 bridgehead atoms. The second-order valence-electron chi connectivity index (χ2n) is 7.66. The van der Waals surface area contributed by atoms with Gasteiger partial charge in [-0.2, -0.15) is 0 Å². The van der Waals surface area contributed by atoms with Crippen LogP contribution in [-0.2, 0) is 10.0 Å². The van der Waals surface area contributed by atoms with Gasteiger partial charge in [0.15, 0.2) is 0 Å². The zero-order valence-electron chi connectivity index (χ0n) is 16.0. The molecular formula is C19H30N2O4S. The quantitative estimate of drug-likeness (QED) is 0.757. The maximum Gasteiger partial charge on any atom is 0.335 e. The van der Waals surface area contributed by atoms with Gasteiger partial charge in [-0.15, -0.1) is 0 Å². The fourth-order valence-electron chi connectivity index (χ4n) is 3.44. The number of piperidine rings is 1. The summed E-state index contributed by atoms with van der Waals surface area (Å²) in [6.07, 6.45) is 2.35. The normalized spacial score (nSPS) is 20.3. The predicted molar refractivity (Wildman–Crippen MR) is 102 cm³/mol. The second-order valence-corrected chi connectivity index (χ2v) is 9.39. The maximum atomic E-state index is 12.9. The van der Waals surface area contributed by atoms with Crippen LogP contribution in [0.3, 0.4) is 0 Å². The van der Waals surface area contributed by atoms with Gasteiger partial charge in [-0.3, -0.25) is 4.90 Å². The first-order valence-electron chi connectivity index (χ1n) is 9.22. The van der Waals surface area contributed by atoms with Crippen LogP contribution < -0.4 is 4.72 Å². The van der Waals surface area contributed by atoms with Gasteiger partial charge in [-0.25, -0.2) is 17.9 Å². The topological polar surface area (TPSA) is 86.7 Å². The van der Waals surface area contributed by atoms with E-state index in [1.807, 2.05) is 20.8 Å². The van der Waals surface area contributed by atoms with Gasteiger partial charge in [0.1, 0.15) is 0 Å². The number of aromatic carboxylic acids is 1. The lowest BCUT2D eigenvalue weighted by atomic mass is 9.99. The summed E-state index contributed by atoms with van der Waals surface area (Å²) in [5.74, 6) is -0.528. The Kier molecular flexibility index (Phi) is 6.82. The smallest absolute Gasteiger partial charge is 0.335 e. The predicted octanol–water partition coefficient (Wildman–Crippen LogP) is 2.91. The van der Waals surface area contributed by atoms with E-state index in [0.29, 0.717) is 18.0 Å². The molecule has 0 aromatic heterocycles. The molecule has 1 heterocycles. The molecule has 2 N–H and O–H groups in total. The van der Waals surface area contributed by atoms with Crippen LogP contribution in [0.1, 0.15) is 62.4 Å². The molecule has 1 aliphatic heterocycles. The minimum absolute atomic E-state index is 0.0207. The monoisotopic (exact) mass is 382 g/mol. The summed E-state index contributed by atoms with van der Waals surface area (Å²) >= 11 is 0. The Hall–Kier alpha value is -1.44. The number of hydrogen-bond donors (Lipinski definition) is 2. The number of hydrogen-bond acceptors (Lipinski definition) is 4. The van der Waals surface area contributed by atoms with E-state index in [2.05, 4.69) is 16.5 Å². The van der Waals surface area contributed by atoms with Crippen LogP contribution in [0.4, 0.5) is 0 Å². The number of sulfonamides is 1. The van der Waals surface area contributed by atoms with Crippen molar-refractivity contribution in [3.05, 3.63) is 29.3 Å².